The number of nitrogens with one attached hydrogen (secondary N) is 1. The predicted molar refractivity (Wildman–Crippen MR) is 115 cm³/mol. The molecule has 0 heterocycles. The SMILES string of the molecule is C=C(C/C(C)=C/CC(CF)C(C)(F)F)Nc1cccc2c1CC(C(C)(C)CO)C2=O. The molecule has 0 saturated carbocycles. The fourth-order valence-electron chi connectivity index (χ4n) is 3.77. The Bertz CT molecular complexity index is 824. The van der Waals surface area contributed by atoms with Gasteiger partial charge in [0.2, 0.25) is 0 Å². The molecule has 30 heavy (non-hydrogen) atoms. The van der Waals surface area contributed by atoms with Crippen LogP contribution in [-0.4, -0.2) is 30.1 Å². The third-order valence-electron chi connectivity index (χ3n) is 5.97. The van der Waals surface area contributed by atoms with Gasteiger partial charge >= 0.3 is 0 Å². The molecule has 0 spiro atoms. The van der Waals surface area contributed by atoms with Gasteiger partial charge in [-0.25, -0.2) is 8.78 Å². The Labute approximate surface area is 177 Å². The molecule has 3 nitrogen and oxygen atoms in total. The third-order valence-corrected chi connectivity index (χ3v) is 5.97. The molecule has 2 atom stereocenters. The van der Waals surface area contributed by atoms with Gasteiger partial charge in [-0.1, -0.05) is 44.2 Å². The molecular weight excluding hydrogens is 391 g/mol. The lowest BCUT2D eigenvalue weighted by Crippen LogP contribution is -2.32. The van der Waals surface area contributed by atoms with E-state index in [0.29, 0.717) is 24.1 Å². The molecule has 166 valence electrons. The third kappa shape index (κ3) is 5.54. The van der Waals surface area contributed by atoms with Gasteiger partial charge in [0.15, 0.2) is 5.78 Å². The first-order chi connectivity index (χ1) is 13.9. The van der Waals surface area contributed by atoms with Crippen molar-refractivity contribution in [3.63, 3.8) is 0 Å². The van der Waals surface area contributed by atoms with Crippen LogP contribution in [0.4, 0.5) is 18.9 Å². The Morgan fingerprint density at radius 1 is 1.37 bits per heavy atom. The first kappa shape index (κ1) is 24.2. The van der Waals surface area contributed by atoms with Crippen LogP contribution < -0.4 is 5.32 Å². The zero-order valence-electron chi connectivity index (χ0n) is 18.2. The number of aliphatic hydroxyl groups is 1. The van der Waals surface area contributed by atoms with Crippen LogP contribution in [0.2, 0.25) is 0 Å². The van der Waals surface area contributed by atoms with Crippen LogP contribution in [0.15, 0.2) is 42.1 Å². The number of hydrogen-bond acceptors (Lipinski definition) is 3. The Balaban J connectivity index is 2.08. The summed E-state index contributed by atoms with van der Waals surface area (Å²) in [6, 6.07) is 5.48. The quantitative estimate of drug-likeness (QED) is 0.457. The minimum absolute atomic E-state index is 0.0344. The van der Waals surface area contributed by atoms with Crippen molar-refractivity contribution < 1.29 is 23.1 Å². The number of Topliss-reactive ketones (excluding diaryl/α,β-unsaturated/α-hetero) is 1. The van der Waals surface area contributed by atoms with Gasteiger partial charge in [-0.15, -0.1) is 0 Å². The molecule has 0 fully saturated rings. The highest BCUT2D eigenvalue weighted by molar-refractivity contribution is 6.04. The molecule has 1 aromatic rings. The van der Waals surface area contributed by atoms with E-state index in [1.165, 1.54) is 0 Å². The van der Waals surface area contributed by atoms with E-state index in [0.717, 1.165) is 23.7 Å². The van der Waals surface area contributed by atoms with Gasteiger partial charge in [0, 0.05) is 35.9 Å². The summed E-state index contributed by atoms with van der Waals surface area (Å²) in [5.41, 5.74) is 3.31. The molecule has 1 aromatic carbocycles. The highest BCUT2D eigenvalue weighted by Gasteiger charge is 2.41. The van der Waals surface area contributed by atoms with Crippen molar-refractivity contribution in [2.24, 2.45) is 17.3 Å². The molecule has 2 rings (SSSR count). The lowest BCUT2D eigenvalue weighted by Gasteiger charge is -2.27. The Morgan fingerprint density at radius 2 is 2.03 bits per heavy atom. The number of halogens is 3. The second-order valence-electron chi connectivity index (χ2n) is 9.10. The van der Waals surface area contributed by atoms with Crippen LogP contribution in [0.3, 0.4) is 0 Å². The molecule has 6 heteroatoms. The zero-order valence-corrected chi connectivity index (χ0v) is 18.2. The van der Waals surface area contributed by atoms with Gasteiger partial charge in [-0.3, -0.25) is 9.18 Å². The number of carbonyl (C=O) groups excluding carboxylic acids is 1. The van der Waals surface area contributed by atoms with Crippen molar-refractivity contribution in [1.82, 2.24) is 0 Å². The van der Waals surface area contributed by atoms with Gasteiger partial charge in [0.25, 0.3) is 5.92 Å². The normalized spacial score (nSPS) is 18.3. The highest BCUT2D eigenvalue weighted by Crippen LogP contribution is 2.41. The Hall–Kier alpha value is -2.08. The largest absolute Gasteiger partial charge is 0.396 e. The van der Waals surface area contributed by atoms with E-state index >= 15 is 0 Å². The average Bonchev–Trinajstić information content (AvgIpc) is 3.00. The minimum Gasteiger partial charge on any atom is -0.396 e. The van der Waals surface area contributed by atoms with Crippen LogP contribution in [-0.2, 0) is 6.42 Å². The molecule has 1 aliphatic rings. The number of aliphatic hydroxyl groups excluding tert-OH is 1. The summed E-state index contributed by atoms with van der Waals surface area (Å²) in [6.07, 6.45) is 2.56. The highest BCUT2D eigenvalue weighted by atomic mass is 19.3. The zero-order chi connectivity index (χ0) is 22.7. The van der Waals surface area contributed by atoms with E-state index in [2.05, 4.69) is 11.9 Å². The minimum atomic E-state index is -3.06. The average molecular weight is 424 g/mol. The maximum atomic E-state index is 13.3. The number of rotatable bonds is 10. The van der Waals surface area contributed by atoms with Crippen molar-refractivity contribution in [3.8, 4) is 0 Å². The van der Waals surface area contributed by atoms with Crippen molar-refractivity contribution in [2.45, 2.75) is 52.9 Å². The van der Waals surface area contributed by atoms with E-state index in [1.807, 2.05) is 19.9 Å². The molecule has 0 saturated heterocycles. The summed E-state index contributed by atoms with van der Waals surface area (Å²) in [5.74, 6) is -4.64. The van der Waals surface area contributed by atoms with E-state index in [1.54, 1.807) is 25.1 Å². The molecule has 0 amide bonds. The number of fused-ring (bicyclic) bond motifs is 1. The van der Waals surface area contributed by atoms with Crippen LogP contribution in [0.5, 0.6) is 0 Å². The predicted octanol–water partition coefficient (Wildman–Crippen LogP) is 5.95. The molecule has 1 aliphatic carbocycles. The van der Waals surface area contributed by atoms with Crippen molar-refractivity contribution >= 4 is 11.5 Å². The number of ketones is 1. The second kappa shape index (κ2) is 9.38. The van der Waals surface area contributed by atoms with E-state index in [9.17, 15) is 23.1 Å². The number of carbonyl (C=O) groups is 1. The summed E-state index contributed by atoms with van der Waals surface area (Å²) in [4.78, 5) is 12.8. The van der Waals surface area contributed by atoms with Gasteiger partial charge in [-0.05, 0) is 43.7 Å². The lowest BCUT2D eigenvalue weighted by molar-refractivity contribution is -0.0465. The molecule has 2 N–H and O–H groups in total. The lowest BCUT2D eigenvalue weighted by atomic mass is 9.77. The van der Waals surface area contributed by atoms with Gasteiger partial charge < -0.3 is 10.4 Å². The number of anilines is 1. The van der Waals surface area contributed by atoms with E-state index in [4.69, 9.17) is 0 Å². The van der Waals surface area contributed by atoms with Crippen molar-refractivity contribution in [2.75, 3.05) is 18.6 Å². The summed E-state index contributed by atoms with van der Waals surface area (Å²) in [6.45, 7) is 9.17. The maximum Gasteiger partial charge on any atom is 0.250 e. The van der Waals surface area contributed by atoms with Crippen LogP contribution >= 0.6 is 0 Å². The number of allylic oxidation sites excluding steroid dienone is 2. The summed E-state index contributed by atoms with van der Waals surface area (Å²) >= 11 is 0. The van der Waals surface area contributed by atoms with Crippen molar-refractivity contribution in [3.05, 3.63) is 53.3 Å². The molecule has 0 aliphatic heterocycles. The monoisotopic (exact) mass is 423 g/mol. The Morgan fingerprint density at radius 3 is 2.60 bits per heavy atom. The first-order valence-electron chi connectivity index (χ1n) is 10.2. The van der Waals surface area contributed by atoms with Gasteiger partial charge in [-0.2, -0.15) is 0 Å². The molecule has 0 aromatic heterocycles. The number of benzene rings is 1. The van der Waals surface area contributed by atoms with E-state index in [-0.39, 0.29) is 24.7 Å². The van der Waals surface area contributed by atoms with Gasteiger partial charge in [0.05, 0.1) is 12.6 Å². The smallest absolute Gasteiger partial charge is 0.250 e. The van der Waals surface area contributed by atoms with Crippen LogP contribution in [0.1, 0.15) is 56.5 Å². The first-order valence-corrected chi connectivity index (χ1v) is 10.2. The molecule has 0 radical (unpaired) electrons. The molecular formula is C24H32F3NO2. The fraction of sp³-hybridized carbons (Fsp3) is 0.542. The Kier molecular flexibility index (Phi) is 7.56. The van der Waals surface area contributed by atoms with Gasteiger partial charge in [0.1, 0.15) is 0 Å². The fourth-order valence-corrected chi connectivity index (χ4v) is 3.77. The number of alkyl halides is 3. The summed E-state index contributed by atoms with van der Waals surface area (Å²) in [5, 5.41) is 12.9. The molecule has 0 bridgehead atoms. The number of hydrogen-bond donors (Lipinski definition) is 2. The summed E-state index contributed by atoms with van der Waals surface area (Å²) < 4.78 is 39.6. The maximum absolute atomic E-state index is 13.3. The van der Waals surface area contributed by atoms with Crippen molar-refractivity contribution in [1.29, 1.82) is 0 Å². The van der Waals surface area contributed by atoms with Crippen LogP contribution in [0, 0.1) is 17.3 Å². The summed E-state index contributed by atoms with van der Waals surface area (Å²) in [7, 11) is 0. The second-order valence-corrected chi connectivity index (χ2v) is 9.10. The molecule has 2 unspecified atom stereocenters. The van der Waals surface area contributed by atoms with Crippen LogP contribution in [0.25, 0.3) is 0 Å². The standard InChI is InChI=1S/C24H32F3NO2/c1-15(9-10-17(13-25)24(5,26)27)11-16(2)28-21-8-6-7-18-19(21)12-20(22(18)30)23(3,4)14-29/h6-9,17,20,28-29H,2,10-14H2,1,3-5H3/b15-9+. The topological polar surface area (TPSA) is 49.3 Å². The van der Waals surface area contributed by atoms with E-state index < -0.39 is 23.9 Å².